The van der Waals surface area contributed by atoms with E-state index >= 15 is 0 Å². The van der Waals surface area contributed by atoms with Crippen molar-refractivity contribution >= 4 is 21.7 Å². The lowest BCUT2D eigenvalue weighted by molar-refractivity contribution is -0.128. The van der Waals surface area contributed by atoms with Crippen LogP contribution in [0.15, 0.2) is 18.3 Å². The zero-order chi connectivity index (χ0) is 19.4. The molecule has 10 heteroatoms. The fourth-order valence-corrected chi connectivity index (χ4v) is 5.17. The van der Waals surface area contributed by atoms with Crippen LogP contribution >= 0.6 is 0 Å². The van der Waals surface area contributed by atoms with E-state index in [4.69, 9.17) is 9.47 Å². The number of methoxy groups -OCH3 is 1. The van der Waals surface area contributed by atoms with Gasteiger partial charge < -0.3 is 20.1 Å². The van der Waals surface area contributed by atoms with Crippen LogP contribution in [0.25, 0.3) is 0 Å². The predicted molar refractivity (Wildman–Crippen MR) is 96.2 cm³/mol. The second-order valence-corrected chi connectivity index (χ2v) is 8.90. The number of sulfone groups is 1. The van der Waals surface area contributed by atoms with E-state index in [1.165, 1.54) is 25.4 Å². The largest absolute Gasteiger partial charge is 0.481 e. The Balaban J connectivity index is 1.68. The molecule has 2 amide bonds. The summed E-state index contributed by atoms with van der Waals surface area (Å²) in [6, 6.07) is 1.63. The summed E-state index contributed by atoms with van der Waals surface area (Å²) in [6.07, 6.45) is 2.65. The highest BCUT2D eigenvalue weighted by Crippen LogP contribution is 2.18. The normalized spacial score (nSPS) is 24.9. The maximum absolute atomic E-state index is 12.5. The van der Waals surface area contributed by atoms with Crippen molar-refractivity contribution in [1.29, 1.82) is 0 Å². The summed E-state index contributed by atoms with van der Waals surface area (Å²) in [6.45, 7) is 1.04. The van der Waals surface area contributed by atoms with E-state index in [-0.39, 0.29) is 29.2 Å². The lowest BCUT2D eigenvalue weighted by Gasteiger charge is -2.25. The number of pyridine rings is 1. The molecule has 0 radical (unpaired) electrons. The Labute approximate surface area is 157 Å². The van der Waals surface area contributed by atoms with Gasteiger partial charge in [0, 0.05) is 37.0 Å². The van der Waals surface area contributed by atoms with Gasteiger partial charge in [-0.25, -0.2) is 13.4 Å². The zero-order valence-electron chi connectivity index (χ0n) is 15.0. The smallest absolute Gasteiger partial charge is 0.251 e. The van der Waals surface area contributed by atoms with Gasteiger partial charge in [0.25, 0.3) is 5.91 Å². The number of nitrogens with one attached hydrogen (secondary N) is 2. The maximum atomic E-state index is 12.5. The summed E-state index contributed by atoms with van der Waals surface area (Å²) in [5.41, 5.74) is 0.306. The molecule has 2 saturated heterocycles. The summed E-state index contributed by atoms with van der Waals surface area (Å²) >= 11 is 0. The van der Waals surface area contributed by atoms with Gasteiger partial charge in [-0.1, -0.05) is 0 Å². The van der Waals surface area contributed by atoms with E-state index in [9.17, 15) is 18.0 Å². The van der Waals surface area contributed by atoms with Gasteiger partial charge in [0.05, 0.1) is 30.7 Å². The summed E-state index contributed by atoms with van der Waals surface area (Å²) in [7, 11) is -1.91. The van der Waals surface area contributed by atoms with Crippen LogP contribution in [-0.4, -0.2) is 69.1 Å². The Bertz CT molecular complexity index is 807. The van der Waals surface area contributed by atoms with Crippen LogP contribution in [0.5, 0.6) is 5.88 Å². The number of rotatable bonds is 5. The highest BCUT2D eigenvalue weighted by molar-refractivity contribution is 7.91. The van der Waals surface area contributed by atoms with Crippen molar-refractivity contribution in [3.05, 3.63) is 23.9 Å². The van der Waals surface area contributed by atoms with Gasteiger partial charge in [0.1, 0.15) is 0 Å². The molecule has 3 rings (SSSR count). The average Bonchev–Trinajstić information content (AvgIpc) is 2.95. The van der Waals surface area contributed by atoms with Crippen LogP contribution in [0.3, 0.4) is 0 Å². The van der Waals surface area contributed by atoms with Gasteiger partial charge >= 0.3 is 0 Å². The molecule has 3 heterocycles. The van der Waals surface area contributed by atoms with Crippen LogP contribution in [-0.2, 0) is 19.4 Å². The van der Waals surface area contributed by atoms with Crippen molar-refractivity contribution in [3.63, 3.8) is 0 Å². The van der Waals surface area contributed by atoms with Crippen LogP contribution in [0, 0.1) is 5.92 Å². The van der Waals surface area contributed by atoms with Gasteiger partial charge in [0.2, 0.25) is 11.8 Å². The van der Waals surface area contributed by atoms with Crippen LogP contribution in [0.2, 0.25) is 0 Å². The Hall–Kier alpha value is -2.20. The summed E-state index contributed by atoms with van der Waals surface area (Å²) < 4.78 is 34.4. The fourth-order valence-electron chi connectivity index (χ4n) is 3.31. The molecule has 2 aliphatic heterocycles. The van der Waals surface area contributed by atoms with Gasteiger partial charge in [-0.2, -0.15) is 0 Å². The SMILES string of the molecule is COc1cc(C(=O)N[C@@H]2CS(=O)(=O)C[C@H]2NC(=O)C2CCOCC2)ccn1. The number of nitrogens with zero attached hydrogens (tertiary/aromatic N) is 1. The Morgan fingerprint density at radius 1 is 1.19 bits per heavy atom. The first-order valence-corrected chi connectivity index (χ1v) is 10.6. The number of aromatic nitrogens is 1. The lowest BCUT2D eigenvalue weighted by atomic mass is 9.98. The van der Waals surface area contributed by atoms with E-state index in [0.717, 1.165) is 0 Å². The molecule has 0 aliphatic carbocycles. The lowest BCUT2D eigenvalue weighted by Crippen LogP contribution is -2.52. The molecule has 0 saturated carbocycles. The molecule has 9 nitrogen and oxygen atoms in total. The Morgan fingerprint density at radius 2 is 1.85 bits per heavy atom. The van der Waals surface area contributed by atoms with Crippen molar-refractivity contribution in [2.45, 2.75) is 24.9 Å². The quantitative estimate of drug-likeness (QED) is 0.688. The first kappa shape index (κ1) is 19.6. The summed E-state index contributed by atoms with van der Waals surface area (Å²) in [5, 5.41) is 5.53. The number of carbonyl (C=O) groups is 2. The maximum Gasteiger partial charge on any atom is 0.251 e. The molecule has 148 valence electrons. The van der Waals surface area contributed by atoms with E-state index in [0.29, 0.717) is 31.6 Å². The third-order valence-electron chi connectivity index (χ3n) is 4.80. The van der Waals surface area contributed by atoms with Gasteiger partial charge in [-0.15, -0.1) is 0 Å². The molecule has 0 unspecified atom stereocenters. The molecule has 0 spiro atoms. The first-order valence-electron chi connectivity index (χ1n) is 8.77. The van der Waals surface area contributed by atoms with Crippen molar-refractivity contribution in [3.8, 4) is 5.88 Å². The van der Waals surface area contributed by atoms with Crippen molar-refractivity contribution in [2.24, 2.45) is 5.92 Å². The second-order valence-electron chi connectivity index (χ2n) is 6.75. The van der Waals surface area contributed by atoms with Gasteiger partial charge in [0.15, 0.2) is 9.84 Å². The zero-order valence-corrected chi connectivity index (χ0v) is 15.8. The van der Waals surface area contributed by atoms with E-state index < -0.39 is 27.8 Å². The molecular weight excluding hydrogens is 374 g/mol. The highest BCUT2D eigenvalue weighted by atomic mass is 32.2. The number of ether oxygens (including phenoxy) is 2. The van der Waals surface area contributed by atoms with Gasteiger partial charge in [-0.3, -0.25) is 9.59 Å². The third-order valence-corrected chi connectivity index (χ3v) is 6.53. The Morgan fingerprint density at radius 3 is 2.52 bits per heavy atom. The molecule has 1 aromatic heterocycles. The van der Waals surface area contributed by atoms with E-state index in [2.05, 4.69) is 15.6 Å². The first-order chi connectivity index (χ1) is 12.9. The second kappa shape index (κ2) is 8.22. The molecule has 2 aliphatic rings. The minimum absolute atomic E-state index is 0.188. The van der Waals surface area contributed by atoms with Crippen LogP contribution in [0.4, 0.5) is 0 Å². The summed E-state index contributed by atoms with van der Waals surface area (Å²) in [5.74, 6) is -0.936. The Kier molecular flexibility index (Phi) is 5.95. The van der Waals surface area contributed by atoms with Crippen molar-refractivity contribution in [2.75, 3.05) is 31.8 Å². The number of carbonyl (C=O) groups excluding carboxylic acids is 2. The number of hydrogen-bond acceptors (Lipinski definition) is 7. The minimum atomic E-state index is -3.35. The molecule has 2 N–H and O–H groups in total. The van der Waals surface area contributed by atoms with Crippen molar-refractivity contribution in [1.82, 2.24) is 15.6 Å². The number of amides is 2. The van der Waals surface area contributed by atoms with E-state index in [1.54, 1.807) is 0 Å². The molecule has 1 aromatic rings. The molecule has 2 fully saturated rings. The topological polar surface area (TPSA) is 124 Å². The van der Waals surface area contributed by atoms with Gasteiger partial charge in [-0.05, 0) is 18.9 Å². The van der Waals surface area contributed by atoms with E-state index in [1.807, 2.05) is 0 Å². The predicted octanol–water partition coefficient (Wildman–Crippen LogP) is -0.472. The molecule has 27 heavy (non-hydrogen) atoms. The monoisotopic (exact) mass is 397 g/mol. The molecule has 2 atom stereocenters. The average molecular weight is 397 g/mol. The third kappa shape index (κ3) is 4.95. The number of hydrogen-bond donors (Lipinski definition) is 2. The van der Waals surface area contributed by atoms with Crippen LogP contribution < -0.4 is 15.4 Å². The van der Waals surface area contributed by atoms with Crippen LogP contribution in [0.1, 0.15) is 23.2 Å². The fraction of sp³-hybridized carbons (Fsp3) is 0.588. The molecule has 0 bridgehead atoms. The minimum Gasteiger partial charge on any atom is -0.481 e. The summed E-state index contributed by atoms with van der Waals surface area (Å²) in [4.78, 5) is 28.9. The molecular formula is C17H23N3O6S. The highest BCUT2D eigenvalue weighted by Gasteiger charge is 2.40. The standard InChI is InChI=1S/C17H23N3O6S/c1-25-15-8-12(2-5-18-15)17(22)20-14-10-27(23,24)9-13(14)19-16(21)11-3-6-26-7-4-11/h2,5,8,11,13-14H,3-4,6-7,9-10H2,1H3,(H,19,21)(H,20,22)/t13-,14-/m1/s1. The van der Waals surface area contributed by atoms with Crippen molar-refractivity contribution < 1.29 is 27.5 Å². The molecule has 0 aromatic carbocycles.